The minimum absolute atomic E-state index is 0.0266. The molecule has 1 aliphatic rings. The number of aliphatic hydroxyl groups is 1. The van der Waals surface area contributed by atoms with Gasteiger partial charge in [0.1, 0.15) is 11.9 Å². The Morgan fingerprint density at radius 2 is 2.12 bits per heavy atom. The first-order valence-electron chi connectivity index (χ1n) is 2.42. The second kappa shape index (κ2) is 1.67. The first-order chi connectivity index (χ1) is 3.70. The number of rotatable bonds is 0. The van der Waals surface area contributed by atoms with Gasteiger partial charge in [-0.15, -0.1) is 0 Å². The zero-order valence-corrected chi connectivity index (χ0v) is 4.26. The molecule has 1 fully saturated rings. The summed E-state index contributed by atoms with van der Waals surface area (Å²) in [7, 11) is 0. The minimum atomic E-state index is -0.998. The van der Waals surface area contributed by atoms with Gasteiger partial charge in [-0.3, -0.25) is 9.59 Å². The zero-order chi connectivity index (χ0) is 6.15. The van der Waals surface area contributed by atoms with E-state index >= 15 is 0 Å². The van der Waals surface area contributed by atoms with Crippen LogP contribution < -0.4 is 0 Å². The fraction of sp³-hybridized carbons (Fsp3) is 0.600. The van der Waals surface area contributed by atoms with E-state index in [9.17, 15) is 9.59 Å². The van der Waals surface area contributed by atoms with Crippen molar-refractivity contribution in [2.24, 2.45) is 0 Å². The van der Waals surface area contributed by atoms with Crippen molar-refractivity contribution >= 4 is 11.6 Å². The number of Topliss-reactive ketones (excluding diaryl/α,β-unsaturated/α-hetero) is 2. The van der Waals surface area contributed by atoms with E-state index in [1.54, 1.807) is 0 Å². The highest BCUT2D eigenvalue weighted by molar-refractivity contribution is 6.08. The van der Waals surface area contributed by atoms with Crippen LogP contribution in [0.25, 0.3) is 0 Å². The molecule has 8 heavy (non-hydrogen) atoms. The lowest BCUT2D eigenvalue weighted by Gasteiger charge is -1.89. The molecule has 3 nitrogen and oxygen atoms in total. The summed E-state index contributed by atoms with van der Waals surface area (Å²) in [6.45, 7) is 0. The summed E-state index contributed by atoms with van der Waals surface area (Å²) >= 11 is 0. The number of ketones is 2. The van der Waals surface area contributed by atoms with Crippen LogP contribution in [-0.2, 0) is 9.59 Å². The summed E-state index contributed by atoms with van der Waals surface area (Å²) in [5.41, 5.74) is 0. The summed E-state index contributed by atoms with van der Waals surface area (Å²) in [6, 6.07) is 0. The van der Waals surface area contributed by atoms with Crippen molar-refractivity contribution in [1.29, 1.82) is 0 Å². The lowest BCUT2D eigenvalue weighted by atomic mass is 10.3. The summed E-state index contributed by atoms with van der Waals surface area (Å²) in [5.74, 6) is -0.488. The molecule has 3 heteroatoms. The Morgan fingerprint density at radius 1 is 1.50 bits per heavy atom. The van der Waals surface area contributed by atoms with Gasteiger partial charge >= 0.3 is 0 Å². The fourth-order valence-corrected chi connectivity index (χ4v) is 0.714. The van der Waals surface area contributed by atoms with Crippen molar-refractivity contribution in [3.8, 4) is 0 Å². The average molecular weight is 114 g/mol. The second-order valence-corrected chi connectivity index (χ2v) is 1.90. The van der Waals surface area contributed by atoms with Crippen LogP contribution in [0.4, 0.5) is 0 Å². The van der Waals surface area contributed by atoms with Crippen LogP contribution in [0.2, 0.25) is 0 Å². The Labute approximate surface area is 46.3 Å². The predicted octanol–water partition coefficient (Wildman–Crippen LogP) is -0.721. The van der Waals surface area contributed by atoms with E-state index in [2.05, 4.69) is 0 Å². The number of carbonyl (C=O) groups is 2. The molecule has 1 aliphatic carbocycles. The molecular formula is C5H6O3. The van der Waals surface area contributed by atoms with Crippen LogP contribution in [0.3, 0.4) is 0 Å². The lowest BCUT2D eigenvalue weighted by molar-refractivity contribution is -0.124. The van der Waals surface area contributed by atoms with Crippen LogP contribution in [0, 0.1) is 0 Å². The maximum atomic E-state index is 10.3. The molecule has 1 rings (SSSR count). The number of hydrogen-bond donors (Lipinski definition) is 1. The average Bonchev–Trinajstić information content (AvgIpc) is 1.85. The summed E-state index contributed by atoms with van der Waals surface area (Å²) in [4.78, 5) is 20.6. The van der Waals surface area contributed by atoms with Crippen molar-refractivity contribution in [2.75, 3.05) is 0 Å². The molecule has 1 atom stereocenters. The first-order valence-corrected chi connectivity index (χ1v) is 2.42. The predicted molar refractivity (Wildman–Crippen MR) is 25.3 cm³/mol. The van der Waals surface area contributed by atoms with E-state index in [0.717, 1.165) is 0 Å². The number of carbonyl (C=O) groups excluding carboxylic acids is 2. The van der Waals surface area contributed by atoms with Gasteiger partial charge in [0.2, 0.25) is 0 Å². The van der Waals surface area contributed by atoms with Crippen molar-refractivity contribution in [3.63, 3.8) is 0 Å². The number of hydrogen-bond acceptors (Lipinski definition) is 3. The van der Waals surface area contributed by atoms with Gasteiger partial charge < -0.3 is 5.11 Å². The van der Waals surface area contributed by atoms with Crippen molar-refractivity contribution < 1.29 is 14.7 Å². The van der Waals surface area contributed by atoms with Gasteiger partial charge in [0.15, 0.2) is 5.78 Å². The Hall–Kier alpha value is -0.700. The molecule has 1 saturated carbocycles. The molecule has 0 aliphatic heterocycles. The molecule has 0 radical (unpaired) electrons. The highest BCUT2D eigenvalue weighted by Gasteiger charge is 2.28. The van der Waals surface area contributed by atoms with Crippen LogP contribution >= 0.6 is 0 Å². The highest BCUT2D eigenvalue weighted by Crippen LogP contribution is 2.09. The van der Waals surface area contributed by atoms with Gasteiger partial charge in [-0.25, -0.2) is 0 Å². The first kappa shape index (κ1) is 5.44. The van der Waals surface area contributed by atoms with E-state index in [0.29, 0.717) is 0 Å². The quantitative estimate of drug-likeness (QED) is 0.423. The lowest BCUT2D eigenvalue weighted by Crippen LogP contribution is -2.10. The Morgan fingerprint density at radius 3 is 2.25 bits per heavy atom. The third-order valence-corrected chi connectivity index (χ3v) is 1.16. The molecule has 0 aromatic rings. The van der Waals surface area contributed by atoms with Crippen LogP contribution in [0.15, 0.2) is 0 Å². The topological polar surface area (TPSA) is 54.4 Å². The largest absolute Gasteiger partial charge is 0.385 e. The van der Waals surface area contributed by atoms with Gasteiger partial charge in [-0.05, 0) is 0 Å². The van der Waals surface area contributed by atoms with Gasteiger partial charge in [0, 0.05) is 6.42 Å². The van der Waals surface area contributed by atoms with Crippen molar-refractivity contribution in [1.82, 2.24) is 0 Å². The third kappa shape index (κ3) is 0.767. The smallest absolute Gasteiger partial charge is 0.169 e. The van der Waals surface area contributed by atoms with Gasteiger partial charge in [0.25, 0.3) is 0 Å². The molecular weight excluding hydrogens is 108 g/mol. The standard InChI is InChI=1S/C5H6O3/c6-3-1-4(7)5(8)2-3/h4,7H,1-2H2/t4-/m1/s1. The van der Waals surface area contributed by atoms with Gasteiger partial charge in [-0.1, -0.05) is 0 Å². The van der Waals surface area contributed by atoms with Gasteiger partial charge in [-0.2, -0.15) is 0 Å². The molecule has 0 saturated heterocycles. The Bertz CT molecular complexity index is 139. The molecule has 0 bridgehead atoms. The third-order valence-electron chi connectivity index (χ3n) is 1.16. The van der Waals surface area contributed by atoms with Crippen LogP contribution in [0.1, 0.15) is 12.8 Å². The van der Waals surface area contributed by atoms with Crippen molar-refractivity contribution in [3.05, 3.63) is 0 Å². The van der Waals surface area contributed by atoms with E-state index in [-0.39, 0.29) is 24.4 Å². The SMILES string of the molecule is O=C1CC(=O)[C@H](O)C1. The van der Waals surface area contributed by atoms with E-state index in [1.165, 1.54) is 0 Å². The summed E-state index contributed by atoms with van der Waals surface area (Å²) in [6.07, 6.45) is -1.04. The molecule has 0 amide bonds. The van der Waals surface area contributed by atoms with Gasteiger partial charge in [0.05, 0.1) is 6.42 Å². The number of aliphatic hydroxyl groups excluding tert-OH is 1. The highest BCUT2D eigenvalue weighted by atomic mass is 16.3. The maximum absolute atomic E-state index is 10.3. The molecule has 0 aromatic heterocycles. The fourth-order valence-electron chi connectivity index (χ4n) is 0.714. The van der Waals surface area contributed by atoms with Crippen LogP contribution in [0.5, 0.6) is 0 Å². The molecule has 44 valence electrons. The summed E-state index contributed by atoms with van der Waals surface area (Å²) < 4.78 is 0. The van der Waals surface area contributed by atoms with Crippen LogP contribution in [-0.4, -0.2) is 22.8 Å². The minimum Gasteiger partial charge on any atom is -0.385 e. The Kier molecular flexibility index (Phi) is 1.13. The molecule has 0 unspecified atom stereocenters. The van der Waals surface area contributed by atoms with E-state index in [1.807, 2.05) is 0 Å². The normalized spacial score (nSPS) is 29.4. The second-order valence-electron chi connectivity index (χ2n) is 1.90. The van der Waals surface area contributed by atoms with E-state index in [4.69, 9.17) is 5.11 Å². The maximum Gasteiger partial charge on any atom is 0.169 e. The summed E-state index contributed by atoms with van der Waals surface area (Å²) in [5, 5.41) is 8.60. The Balaban J connectivity index is 2.64. The monoisotopic (exact) mass is 114 g/mol. The molecule has 0 heterocycles. The van der Waals surface area contributed by atoms with Crippen molar-refractivity contribution in [2.45, 2.75) is 18.9 Å². The molecule has 1 N–H and O–H groups in total. The molecule has 0 spiro atoms. The molecule has 0 aromatic carbocycles. The van der Waals surface area contributed by atoms with E-state index < -0.39 is 6.10 Å². The zero-order valence-electron chi connectivity index (χ0n) is 4.26.